The van der Waals surface area contributed by atoms with Crippen LogP contribution in [0.4, 0.5) is 0 Å². The molecule has 2 aliphatic rings. The molecule has 0 amide bonds. The molecule has 1 heterocycles. The molecule has 2 rings (SSSR count). The highest BCUT2D eigenvalue weighted by atomic mass is 32.1. The monoisotopic (exact) mass is 156 g/mol. The highest BCUT2D eigenvalue weighted by Gasteiger charge is 2.38. The molecule has 1 spiro atoms. The van der Waals surface area contributed by atoms with Crippen LogP contribution >= 0.6 is 12.2 Å². The minimum Gasteiger partial charge on any atom is -0.360 e. The summed E-state index contributed by atoms with van der Waals surface area (Å²) in [5.74, 6) is 0. The Bertz CT molecular complexity index is 161. The second kappa shape index (κ2) is 2.09. The number of nitrogens with one attached hydrogen (secondary N) is 2. The first-order chi connectivity index (χ1) is 4.81. The van der Waals surface area contributed by atoms with E-state index in [-0.39, 0.29) is 0 Å². The Kier molecular flexibility index (Phi) is 1.34. The fourth-order valence-electron chi connectivity index (χ4n) is 1.93. The maximum absolute atomic E-state index is 5.01. The summed E-state index contributed by atoms with van der Waals surface area (Å²) >= 11 is 5.01. The van der Waals surface area contributed by atoms with E-state index in [4.69, 9.17) is 12.2 Å². The van der Waals surface area contributed by atoms with Crippen LogP contribution in [0, 0.1) is 0 Å². The van der Waals surface area contributed by atoms with Crippen LogP contribution in [0.2, 0.25) is 0 Å². The van der Waals surface area contributed by atoms with Crippen molar-refractivity contribution in [2.24, 2.45) is 0 Å². The third kappa shape index (κ3) is 0.888. The molecule has 0 unspecified atom stereocenters. The van der Waals surface area contributed by atoms with Gasteiger partial charge in [-0.3, -0.25) is 0 Å². The fourth-order valence-corrected chi connectivity index (χ4v) is 2.22. The van der Waals surface area contributed by atoms with Gasteiger partial charge in [-0.25, -0.2) is 0 Å². The largest absolute Gasteiger partial charge is 0.360 e. The Morgan fingerprint density at radius 3 is 2.50 bits per heavy atom. The number of rotatable bonds is 0. The summed E-state index contributed by atoms with van der Waals surface area (Å²) in [5, 5.41) is 7.37. The topological polar surface area (TPSA) is 24.1 Å². The quantitative estimate of drug-likeness (QED) is 0.507. The van der Waals surface area contributed by atoms with Crippen LogP contribution in [0.1, 0.15) is 25.7 Å². The van der Waals surface area contributed by atoms with Crippen LogP contribution in [0.15, 0.2) is 0 Å². The van der Waals surface area contributed by atoms with Gasteiger partial charge in [-0.15, -0.1) is 0 Å². The second-order valence-electron chi connectivity index (χ2n) is 3.30. The average Bonchev–Trinajstić information content (AvgIpc) is 2.46. The zero-order chi connectivity index (χ0) is 7.03. The van der Waals surface area contributed by atoms with Crippen molar-refractivity contribution in [1.82, 2.24) is 10.6 Å². The Morgan fingerprint density at radius 1 is 1.30 bits per heavy atom. The molecule has 0 aromatic carbocycles. The maximum Gasteiger partial charge on any atom is 0.166 e. The third-order valence-electron chi connectivity index (χ3n) is 2.53. The maximum atomic E-state index is 5.01. The van der Waals surface area contributed by atoms with Crippen molar-refractivity contribution >= 4 is 17.3 Å². The van der Waals surface area contributed by atoms with Gasteiger partial charge in [-0.05, 0) is 25.1 Å². The van der Waals surface area contributed by atoms with E-state index in [9.17, 15) is 0 Å². The molecule has 3 heteroatoms. The van der Waals surface area contributed by atoms with E-state index in [0.29, 0.717) is 5.54 Å². The highest BCUT2D eigenvalue weighted by molar-refractivity contribution is 7.80. The molecular formula is C7H12N2S. The first kappa shape index (κ1) is 6.40. The van der Waals surface area contributed by atoms with E-state index in [1.54, 1.807) is 0 Å². The van der Waals surface area contributed by atoms with Crippen LogP contribution in [0.5, 0.6) is 0 Å². The zero-order valence-electron chi connectivity index (χ0n) is 5.94. The van der Waals surface area contributed by atoms with Crippen molar-refractivity contribution in [3.63, 3.8) is 0 Å². The van der Waals surface area contributed by atoms with Crippen molar-refractivity contribution in [3.05, 3.63) is 0 Å². The molecule has 0 aromatic rings. The second-order valence-corrected chi connectivity index (χ2v) is 3.70. The molecule has 1 aliphatic heterocycles. The molecular weight excluding hydrogens is 144 g/mol. The molecule has 0 atom stereocenters. The standard InChI is InChI=1S/C7H12N2S/c10-6-8-5-7(9-6)3-1-2-4-7/h1-5H2,(H2,8,9,10). The van der Waals surface area contributed by atoms with Gasteiger partial charge in [-0.2, -0.15) is 0 Å². The summed E-state index contributed by atoms with van der Waals surface area (Å²) in [4.78, 5) is 0. The molecule has 2 fully saturated rings. The molecule has 10 heavy (non-hydrogen) atoms. The van der Waals surface area contributed by atoms with Crippen LogP contribution in [0.3, 0.4) is 0 Å². The van der Waals surface area contributed by atoms with E-state index in [2.05, 4.69) is 10.6 Å². The number of thiocarbonyl (C=S) groups is 1. The van der Waals surface area contributed by atoms with Crippen molar-refractivity contribution in [1.29, 1.82) is 0 Å². The van der Waals surface area contributed by atoms with Crippen LogP contribution < -0.4 is 10.6 Å². The van der Waals surface area contributed by atoms with Gasteiger partial charge < -0.3 is 10.6 Å². The van der Waals surface area contributed by atoms with Crippen molar-refractivity contribution in [2.45, 2.75) is 31.2 Å². The highest BCUT2D eigenvalue weighted by Crippen LogP contribution is 2.30. The lowest BCUT2D eigenvalue weighted by atomic mass is 10.00. The van der Waals surface area contributed by atoms with Gasteiger partial charge in [0.2, 0.25) is 0 Å². The van der Waals surface area contributed by atoms with Crippen LogP contribution in [0.25, 0.3) is 0 Å². The normalized spacial score (nSPS) is 28.6. The van der Waals surface area contributed by atoms with E-state index < -0.39 is 0 Å². The summed E-state index contributed by atoms with van der Waals surface area (Å²) in [7, 11) is 0. The molecule has 0 aromatic heterocycles. The van der Waals surface area contributed by atoms with Gasteiger partial charge in [-0.1, -0.05) is 12.8 Å². The predicted octanol–water partition coefficient (Wildman–Crippen LogP) is 0.777. The molecule has 1 aliphatic carbocycles. The van der Waals surface area contributed by atoms with E-state index in [0.717, 1.165) is 11.7 Å². The van der Waals surface area contributed by atoms with E-state index >= 15 is 0 Å². The summed E-state index contributed by atoms with van der Waals surface area (Å²) in [6.07, 6.45) is 5.30. The Labute approximate surface area is 66.4 Å². The molecule has 56 valence electrons. The van der Waals surface area contributed by atoms with Gasteiger partial charge >= 0.3 is 0 Å². The van der Waals surface area contributed by atoms with Crippen LogP contribution in [-0.2, 0) is 0 Å². The predicted molar refractivity (Wildman–Crippen MR) is 44.9 cm³/mol. The minimum atomic E-state index is 0.358. The van der Waals surface area contributed by atoms with Crippen molar-refractivity contribution < 1.29 is 0 Å². The van der Waals surface area contributed by atoms with Gasteiger partial charge in [0.25, 0.3) is 0 Å². The summed E-state index contributed by atoms with van der Waals surface area (Å²) in [6, 6.07) is 0. The Morgan fingerprint density at radius 2 is 2.00 bits per heavy atom. The third-order valence-corrected chi connectivity index (χ3v) is 2.77. The molecule has 0 radical (unpaired) electrons. The SMILES string of the molecule is S=C1NCC2(CCCC2)N1. The molecule has 1 saturated heterocycles. The van der Waals surface area contributed by atoms with Gasteiger partial charge in [0.15, 0.2) is 5.11 Å². The average molecular weight is 156 g/mol. The number of hydrogen-bond acceptors (Lipinski definition) is 1. The summed E-state index contributed by atoms with van der Waals surface area (Å²) in [6.45, 7) is 1.05. The first-order valence-electron chi connectivity index (χ1n) is 3.87. The molecule has 2 N–H and O–H groups in total. The lowest BCUT2D eigenvalue weighted by Crippen LogP contribution is -2.40. The molecule has 2 nitrogen and oxygen atoms in total. The van der Waals surface area contributed by atoms with E-state index in [1.165, 1.54) is 25.7 Å². The van der Waals surface area contributed by atoms with Gasteiger partial charge in [0, 0.05) is 6.54 Å². The minimum absolute atomic E-state index is 0.358. The summed E-state index contributed by atoms with van der Waals surface area (Å²) < 4.78 is 0. The lowest BCUT2D eigenvalue weighted by Gasteiger charge is -2.20. The fraction of sp³-hybridized carbons (Fsp3) is 0.857. The van der Waals surface area contributed by atoms with Crippen molar-refractivity contribution in [3.8, 4) is 0 Å². The smallest absolute Gasteiger partial charge is 0.166 e. The van der Waals surface area contributed by atoms with Crippen LogP contribution in [-0.4, -0.2) is 17.2 Å². The Balaban J connectivity index is 2.09. The summed E-state index contributed by atoms with van der Waals surface area (Å²) in [5.41, 5.74) is 0.358. The zero-order valence-corrected chi connectivity index (χ0v) is 6.76. The Hall–Kier alpha value is -0.310. The van der Waals surface area contributed by atoms with E-state index in [1.807, 2.05) is 0 Å². The molecule has 0 bridgehead atoms. The van der Waals surface area contributed by atoms with Crippen molar-refractivity contribution in [2.75, 3.05) is 6.54 Å². The molecule has 1 saturated carbocycles. The lowest BCUT2D eigenvalue weighted by molar-refractivity contribution is 0.428. The van der Waals surface area contributed by atoms with Gasteiger partial charge in [0.1, 0.15) is 0 Å². The van der Waals surface area contributed by atoms with Gasteiger partial charge in [0.05, 0.1) is 5.54 Å². The number of hydrogen-bond donors (Lipinski definition) is 2. The first-order valence-corrected chi connectivity index (χ1v) is 4.28.